The topological polar surface area (TPSA) is 89.6 Å². The molecule has 3 atom stereocenters. The van der Waals surface area contributed by atoms with Gasteiger partial charge in [-0.1, -0.05) is 19.9 Å². The van der Waals surface area contributed by atoms with Gasteiger partial charge in [0, 0.05) is 12.4 Å². The number of aliphatic hydroxyl groups excluding tert-OH is 1. The van der Waals surface area contributed by atoms with Crippen molar-refractivity contribution >= 4 is 0 Å². The zero-order valence-electron chi connectivity index (χ0n) is 20.3. The minimum Gasteiger partial charge on any atom is -0.391 e. The number of aliphatic hydroxyl groups is 1. The molecule has 0 saturated heterocycles. The summed E-state index contributed by atoms with van der Waals surface area (Å²) in [6, 6.07) is 7.54. The van der Waals surface area contributed by atoms with Crippen molar-refractivity contribution in [2.75, 3.05) is 0 Å². The van der Waals surface area contributed by atoms with E-state index in [2.05, 4.69) is 34.1 Å². The lowest BCUT2D eigenvalue weighted by molar-refractivity contribution is 0.168. The van der Waals surface area contributed by atoms with Gasteiger partial charge < -0.3 is 5.11 Å². The first-order chi connectivity index (χ1) is 17.2. The Kier molecular flexibility index (Phi) is 5.05. The standard InChI is InChI=1S/C27H26F2N6O/c1-15(36)13-35-14-16(12-31-35)25-30-10-8-22(32-25)27-9-7-18(26(27,2)3)17-11-21(33-34-24(17)27)23-19(28)5-4-6-20(23)29/h4-6,8,10-12,14-15,18,36H,7,9,13H2,1-3H3/t15-,18-,27+/m0/s1. The summed E-state index contributed by atoms with van der Waals surface area (Å²) in [5, 5.41) is 22.9. The van der Waals surface area contributed by atoms with Gasteiger partial charge >= 0.3 is 0 Å². The number of benzene rings is 1. The summed E-state index contributed by atoms with van der Waals surface area (Å²) < 4.78 is 30.7. The number of aromatic nitrogens is 6. The average Bonchev–Trinajstić information content (AvgIpc) is 3.46. The highest BCUT2D eigenvalue weighted by molar-refractivity contribution is 5.64. The highest BCUT2D eigenvalue weighted by Gasteiger charge is 2.65. The van der Waals surface area contributed by atoms with Gasteiger partial charge in [-0.15, -0.1) is 5.10 Å². The average molecular weight is 489 g/mol. The van der Waals surface area contributed by atoms with Crippen LogP contribution in [-0.2, 0) is 12.0 Å². The fraction of sp³-hybridized carbons (Fsp3) is 0.370. The van der Waals surface area contributed by atoms with E-state index in [-0.39, 0.29) is 22.6 Å². The molecule has 184 valence electrons. The molecule has 2 bridgehead atoms. The van der Waals surface area contributed by atoms with Crippen molar-refractivity contribution < 1.29 is 13.9 Å². The van der Waals surface area contributed by atoms with E-state index in [1.165, 1.54) is 18.2 Å². The van der Waals surface area contributed by atoms with Crippen molar-refractivity contribution in [1.82, 2.24) is 29.9 Å². The molecule has 1 aromatic carbocycles. The second-order valence-electron chi connectivity index (χ2n) is 10.4. The lowest BCUT2D eigenvalue weighted by Gasteiger charge is -2.37. The van der Waals surface area contributed by atoms with Gasteiger partial charge in [0.05, 0.1) is 52.5 Å². The molecule has 7 nitrogen and oxygen atoms in total. The van der Waals surface area contributed by atoms with Crippen LogP contribution in [0.1, 0.15) is 56.5 Å². The number of nitrogens with zero attached hydrogens (tertiary/aromatic N) is 6. The second kappa shape index (κ2) is 7.96. The molecular weight excluding hydrogens is 462 g/mol. The lowest BCUT2D eigenvalue weighted by atomic mass is 9.66. The normalized spacial score (nSPS) is 22.6. The molecule has 0 radical (unpaired) electrons. The van der Waals surface area contributed by atoms with Crippen LogP contribution in [0.25, 0.3) is 22.6 Å². The smallest absolute Gasteiger partial charge is 0.162 e. The predicted molar refractivity (Wildman–Crippen MR) is 129 cm³/mol. The Morgan fingerprint density at radius 1 is 1.17 bits per heavy atom. The van der Waals surface area contributed by atoms with Crippen LogP contribution in [0.5, 0.6) is 0 Å². The predicted octanol–water partition coefficient (Wildman–Crippen LogP) is 4.66. The monoisotopic (exact) mass is 488 g/mol. The van der Waals surface area contributed by atoms with Crippen molar-refractivity contribution in [2.45, 2.75) is 57.6 Å². The molecule has 0 aliphatic heterocycles. The summed E-state index contributed by atoms with van der Waals surface area (Å²) in [6.45, 7) is 6.50. The fourth-order valence-electron chi connectivity index (χ4n) is 6.34. The van der Waals surface area contributed by atoms with Gasteiger partial charge in [0.1, 0.15) is 11.6 Å². The molecule has 6 rings (SSSR count). The van der Waals surface area contributed by atoms with E-state index >= 15 is 0 Å². The maximum atomic E-state index is 14.5. The van der Waals surface area contributed by atoms with Crippen LogP contribution in [0.15, 0.2) is 48.9 Å². The molecule has 3 heterocycles. The largest absolute Gasteiger partial charge is 0.391 e. The fourth-order valence-corrected chi connectivity index (χ4v) is 6.34. The molecule has 2 aliphatic carbocycles. The van der Waals surface area contributed by atoms with Crippen LogP contribution >= 0.6 is 0 Å². The van der Waals surface area contributed by atoms with Gasteiger partial charge in [0.2, 0.25) is 0 Å². The van der Waals surface area contributed by atoms with Crippen LogP contribution in [-0.4, -0.2) is 41.2 Å². The molecule has 1 fully saturated rings. The van der Waals surface area contributed by atoms with E-state index in [0.29, 0.717) is 12.4 Å². The molecular formula is C27H26F2N6O. The lowest BCUT2D eigenvalue weighted by Crippen LogP contribution is -2.38. The summed E-state index contributed by atoms with van der Waals surface area (Å²) in [4.78, 5) is 9.46. The zero-order valence-corrected chi connectivity index (χ0v) is 20.3. The van der Waals surface area contributed by atoms with Crippen molar-refractivity contribution in [1.29, 1.82) is 0 Å². The Morgan fingerprint density at radius 3 is 2.69 bits per heavy atom. The van der Waals surface area contributed by atoms with Crippen molar-refractivity contribution in [3.8, 4) is 22.6 Å². The number of fused-ring (bicyclic) bond motifs is 5. The third-order valence-electron chi connectivity index (χ3n) is 8.04. The minimum absolute atomic E-state index is 0.152. The first kappa shape index (κ1) is 22.8. The van der Waals surface area contributed by atoms with E-state index < -0.39 is 23.2 Å². The zero-order chi connectivity index (χ0) is 25.2. The van der Waals surface area contributed by atoms with Crippen molar-refractivity contribution in [3.05, 3.63) is 77.5 Å². The summed E-state index contributed by atoms with van der Waals surface area (Å²) in [5.41, 5.74) is 2.72. The van der Waals surface area contributed by atoms with Crippen LogP contribution in [0.3, 0.4) is 0 Å². The van der Waals surface area contributed by atoms with Gasteiger partial charge in [-0.2, -0.15) is 10.2 Å². The van der Waals surface area contributed by atoms with E-state index in [1.807, 2.05) is 12.3 Å². The van der Waals surface area contributed by atoms with E-state index in [1.54, 1.807) is 30.1 Å². The third-order valence-corrected chi connectivity index (χ3v) is 8.04. The van der Waals surface area contributed by atoms with E-state index in [9.17, 15) is 13.9 Å². The molecule has 0 spiro atoms. The molecule has 1 saturated carbocycles. The van der Waals surface area contributed by atoms with Crippen molar-refractivity contribution in [3.63, 3.8) is 0 Å². The first-order valence-electron chi connectivity index (χ1n) is 12.1. The molecule has 9 heteroatoms. The molecule has 36 heavy (non-hydrogen) atoms. The van der Waals surface area contributed by atoms with Gasteiger partial charge in [-0.05, 0) is 60.9 Å². The molecule has 0 unspecified atom stereocenters. The Morgan fingerprint density at radius 2 is 1.94 bits per heavy atom. The van der Waals surface area contributed by atoms with Gasteiger partial charge in [0.15, 0.2) is 5.82 Å². The van der Waals surface area contributed by atoms with Crippen LogP contribution < -0.4 is 0 Å². The summed E-state index contributed by atoms with van der Waals surface area (Å²) in [5.74, 6) is -0.607. The molecule has 0 amide bonds. The molecule has 1 N–H and O–H groups in total. The summed E-state index contributed by atoms with van der Waals surface area (Å²) in [7, 11) is 0. The first-order valence-corrected chi connectivity index (χ1v) is 12.1. The number of rotatable bonds is 5. The Labute approximate surface area is 207 Å². The molecule has 3 aromatic heterocycles. The van der Waals surface area contributed by atoms with E-state index in [0.717, 1.165) is 35.4 Å². The molecule has 4 aromatic rings. The van der Waals surface area contributed by atoms with Crippen LogP contribution in [0, 0.1) is 17.0 Å². The van der Waals surface area contributed by atoms with Crippen molar-refractivity contribution in [2.24, 2.45) is 5.41 Å². The Hall–Kier alpha value is -3.59. The maximum absolute atomic E-state index is 14.5. The van der Waals surface area contributed by atoms with Crippen LogP contribution in [0.2, 0.25) is 0 Å². The Bertz CT molecular complexity index is 1460. The number of halogens is 2. The SMILES string of the molecule is C[C@H](O)Cn1cc(-c2nccc([C@]34CC[C@@H](c5cc(-c6c(F)cccc6F)nnc53)C4(C)C)n2)cn1. The Balaban J connectivity index is 1.46. The number of hydrogen-bond donors (Lipinski definition) is 1. The molecule has 2 aliphatic rings. The van der Waals surface area contributed by atoms with Crippen LogP contribution in [0.4, 0.5) is 8.78 Å². The summed E-state index contributed by atoms with van der Waals surface area (Å²) in [6.07, 6.45) is 6.50. The quantitative estimate of drug-likeness (QED) is 0.440. The maximum Gasteiger partial charge on any atom is 0.162 e. The second-order valence-corrected chi connectivity index (χ2v) is 10.4. The summed E-state index contributed by atoms with van der Waals surface area (Å²) >= 11 is 0. The van der Waals surface area contributed by atoms with E-state index in [4.69, 9.17) is 4.98 Å². The third kappa shape index (κ3) is 3.15. The van der Waals surface area contributed by atoms with Gasteiger partial charge in [0.25, 0.3) is 0 Å². The highest BCUT2D eigenvalue weighted by atomic mass is 19.1. The number of hydrogen-bond acceptors (Lipinski definition) is 6. The highest BCUT2D eigenvalue weighted by Crippen LogP contribution is 2.69. The van der Waals surface area contributed by atoms with Gasteiger partial charge in [-0.3, -0.25) is 4.68 Å². The minimum atomic E-state index is -0.655. The van der Waals surface area contributed by atoms with Gasteiger partial charge in [-0.25, -0.2) is 18.7 Å².